The summed E-state index contributed by atoms with van der Waals surface area (Å²) in [7, 11) is 0. The molecular formula is C28H32F4N4O5. The van der Waals surface area contributed by atoms with Crippen LogP contribution in [0.3, 0.4) is 0 Å². The van der Waals surface area contributed by atoms with Gasteiger partial charge in [0.15, 0.2) is 0 Å². The molecule has 2 heterocycles. The second kappa shape index (κ2) is 12.2. The summed E-state index contributed by atoms with van der Waals surface area (Å²) in [6, 6.07) is 7.41. The van der Waals surface area contributed by atoms with Crippen molar-refractivity contribution in [1.29, 1.82) is 0 Å². The number of rotatable bonds is 8. The van der Waals surface area contributed by atoms with E-state index in [1.165, 1.54) is 18.2 Å². The summed E-state index contributed by atoms with van der Waals surface area (Å²) in [5.41, 5.74) is -1.19. The van der Waals surface area contributed by atoms with Crippen molar-refractivity contribution < 1.29 is 36.8 Å². The zero-order valence-corrected chi connectivity index (χ0v) is 22.4. The van der Waals surface area contributed by atoms with Gasteiger partial charge < -0.3 is 19.7 Å². The Morgan fingerprint density at radius 3 is 2.49 bits per heavy atom. The number of hydrogen-bond acceptors (Lipinski definition) is 7. The number of anilines is 1. The number of carbonyl (C=O) groups excluding carboxylic acids is 1. The third kappa shape index (κ3) is 7.25. The number of halogens is 4. The molecule has 1 N–H and O–H groups in total. The maximum absolute atomic E-state index is 13.5. The first-order valence-corrected chi connectivity index (χ1v) is 13.7. The summed E-state index contributed by atoms with van der Waals surface area (Å²) in [4.78, 5) is 26.7. The minimum absolute atomic E-state index is 0.0212. The fourth-order valence-corrected chi connectivity index (χ4v) is 5.76. The minimum Gasteiger partial charge on any atom is -0.488 e. The number of carbonyl (C=O) groups is 1. The molecule has 5 rings (SSSR count). The van der Waals surface area contributed by atoms with Gasteiger partial charge in [0.05, 0.1) is 11.0 Å². The number of nitro benzene ring substituents is 1. The van der Waals surface area contributed by atoms with Gasteiger partial charge in [-0.2, -0.15) is 13.2 Å². The lowest BCUT2D eigenvalue weighted by atomic mass is 9.92. The second-order valence-corrected chi connectivity index (χ2v) is 10.8. The number of benzene rings is 2. The van der Waals surface area contributed by atoms with Crippen LogP contribution in [0.4, 0.5) is 28.9 Å². The number of nitrogens with zero attached hydrogens (tertiary/aromatic N) is 3. The molecule has 3 aliphatic rings. The van der Waals surface area contributed by atoms with Crippen LogP contribution in [0.2, 0.25) is 0 Å². The van der Waals surface area contributed by atoms with Gasteiger partial charge in [-0.25, -0.2) is 4.39 Å². The van der Waals surface area contributed by atoms with E-state index < -0.39 is 22.4 Å². The van der Waals surface area contributed by atoms with Crippen LogP contribution < -0.4 is 10.1 Å². The van der Waals surface area contributed by atoms with Gasteiger partial charge in [-0.15, -0.1) is 0 Å². The summed E-state index contributed by atoms with van der Waals surface area (Å²) in [6.45, 7) is 3.29. The number of nitrogens with one attached hydrogen (secondary N) is 1. The molecule has 1 saturated carbocycles. The van der Waals surface area contributed by atoms with Gasteiger partial charge in [-0.3, -0.25) is 19.8 Å². The van der Waals surface area contributed by atoms with Crippen LogP contribution in [-0.2, 0) is 22.1 Å². The first-order chi connectivity index (χ1) is 19.5. The molecule has 2 aliphatic heterocycles. The van der Waals surface area contributed by atoms with Crippen molar-refractivity contribution in [1.82, 2.24) is 9.80 Å². The van der Waals surface area contributed by atoms with Gasteiger partial charge in [-0.05, 0) is 56.0 Å². The Morgan fingerprint density at radius 2 is 1.80 bits per heavy atom. The fraction of sp³-hybridized carbons (Fsp3) is 0.536. The van der Waals surface area contributed by atoms with Gasteiger partial charge in [-0.1, -0.05) is 0 Å². The van der Waals surface area contributed by atoms with Crippen LogP contribution >= 0.6 is 0 Å². The number of amides is 1. The molecule has 1 unspecified atom stereocenters. The predicted molar refractivity (Wildman–Crippen MR) is 141 cm³/mol. The Labute approximate surface area is 234 Å². The van der Waals surface area contributed by atoms with Crippen LogP contribution in [0, 0.1) is 15.9 Å². The third-order valence-electron chi connectivity index (χ3n) is 7.94. The highest BCUT2D eigenvalue weighted by molar-refractivity contribution is 5.77. The van der Waals surface area contributed by atoms with Crippen molar-refractivity contribution in [2.45, 2.75) is 56.5 Å². The highest BCUT2D eigenvalue weighted by atomic mass is 19.4. The standard InChI is InChI=1S/C28H32F4N4O5/c29-19-1-8-26-18(13-19)14-23(41-26)16-34-9-11-35(12-10-34)27(37)17-40-22-5-2-20(3-6-22)33-21-4-7-25(36(38)39)24(15-21)28(30,31)32/h1,4,7-8,13,15,20,22-23,33H,2-3,5-6,9-12,14,16-17H2/t20-,22-,23?. The van der Waals surface area contributed by atoms with Crippen molar-refractivity contribution in [2.75, 3.05) is 44.6 Å². The predicted octanol–water partition coefficient (Wildman–Crippen LogP) is 4.64. The van der Waals surface area contributed by atoms with E-state index in [4.69, 9.17) is 9.47 Å². The van der Waals surface area contributed by atoms with E-state index in [-0.39, 0.29) is 42.3 Å². The molecule has 0 radical (unpaired) electrons. The summed E-state index contributed by atoms with van der Waals surface area (Å²) < 4.78 is 65.1. The van der Waals surface area contributed by atoms with Crippen LogP contribution in [0.1, 0.15) is 36.8 Å². The molecule has 1 saturated heterocycles. The summed E-state index contributed by atoms with van der Waals surface area (Å²) in [5.74, 6) is 0.391. The topological polar surface area (TPSA) is 97.2 Å². The van der Waals surface area contributed by atoms with Crippen molar-refractivity contribution >= 4 is 17.3 Å². The molecule has 2 fully saturated rings. The molecule has 9 nitrogen and oxygen atoms in total. The highest BCUT2D eigenvalue weighted by Crippen LogP contribution is 2.38. The zero-order valence-electron chi connectivity index (χ0n) is 22.4. The van der Waals surface area contributed by atoms with Crippen LogP contribution in [0.25, 0.3) is 0 Å². The highest BCUT2D eigenvalue weighted by Gasteiger charge is 2.38. The van der Waals surface area contributed by atoms with E-state index in [2.05, 4.69) is 10.2 Å². The first kappa shape index (κ1) is 29.1. The van der Waals surface area contributed by atoms with Gasteiger partial charge in [0.2, 0.25) is 5.91 Å². The summed E-state index contributed by atoms with van der Waals surface area (Å²) >= 11 is 0. The second-order valence-electron chi connectivity index (χ2n) is 10.8. The van der Waals surface area contributed by atoms with E-state index in [1.807, 2.05) is 0 Å². The molecule has 41 heavy (non-hydrogen) atoms. The SMILES string of the molecule is O=C(CO[C@H]1CC[C@H](Nc2ccc([N+](=O)[O-])c(C(F)(F)F)c2)CC1)N1CCN(CC2Cc3cc(F)ccc3O2)CC1. The molecule has 1 amide bonds. The maximum atomic E-state index is 13.5. The molecular weight excluding hydrogens is 548 g/mol. The quantitative estimate of drug-likeness (QED) is 0.276. The Bertz CT molecular complexity index is 1260. The number of piperazine rings is 1. The Balaban J connectivity index is 1.00. The zero-order chi connectivity index (χ0) is 29.1. The number of nitro groups is 1. The number of hydrogen-bond donors (Lipinski definition) is 1. The lowest BCUT2D eigenvalue weighted by Crippen LogP contribution is -2.51. The minimum atomic E-state index is -4.83. The molecule has 1 atom stereocenters. The third-order valence-corrected chi connectivity index (χ3v) is 7.94. The molecule has 222 valence electrons. The van der Waals surface area contributed by atoms with E-state index in [0.717, 1.165) is 23.4 Å². The summed E-state index contributed by atoms with van der Waals surface area (Å²) in [5, 5.41) is 14.0. The van der Waals surface area contributed by atoms with E-state index in [9.17, 15) is 32.5 Å². The van der Waals surface area contributed by atoms with Gasteiger partial charge in [0.1, 0.15) is 29.8 Å². The lowest BCUT2D eigenvalue weighted by molar-refractivity contribution is -0.388. The van der Waals surface area contributed by atoms with Gasteiger partial charge >= 0.3 is 6.18 Å². The first-order valence-electron chi connectivity index (χ1n) is 13.7. The average molecular weight is 581 g/mol. The normalized spacial score (nSPS) is 23.1. The number of fused-ring (bicyclic) bond motifs is 1. The summed E-state index contributed by atoms with van der Waals surface area (Å²) in [6.07, 6.45) is -1.76. The maximum Gasteiger partial charge on any atom is 0.423 e. The van der Waals surface area contributed by atoms with Crippen molar-refractivity contribution in [3.05, 3.63) is 63.5 Å². The molecule has 0 aromatic heterocycles. The monoisotopic (exact) mass is 580 g/mol. The van der Waals surface area contributed by atoms with Gasteiger partial charge in [0.25, 0.3) is 5.69 Å². The van der Waals surface area contributed by atoms with E-state index in [0.29, 0.717) is 64.8 Å². The Morgan fingerprint density at radius 1 is 1.07 bits per heavy atom. The number of alkyl halides is 3. The van der Waals surface area contributed by atoms with Crippen molar-refractivity contribution in [2.24, 2.45) is 0 Å². The van der Waals surface area contributed by atoms with Gasteiger partial charge in [0, 0.05) is 62.5 Å². The lowest BCUT2D eigenvalue weighted by Gasteiger charge is -2.36. The van der Waals surface area contributed by atoms with E-state index in [1.54, 1.807) is 11.0 Å². The van der Waals surface area contributed by atoms with Crippen LogP contribution in [0.15, 0.2) is 36.4 Å². The fourth-order valence-electron chi connectivity index (χ4n) is 5.76. The van der Waals surface area contributed by atoms with Crippen LogP contribution in [-0.4, -0.2) is 78.2 Å². The Hall–Kier alpha value is -3.45. The van der Waals surface area contributed by atoms with Crippen LogP contribution in [0.5, 0.6) is 5.75 Å². The molecule has 13 heteroatoms. The van der Waals surface area contributed by atoms with Crippen molar-refractivity contribution in [3.8, 4) is 5.75 Å². The Kier molecular flexibility index (Phi) is 8.64. The largest absolute Gasteiger partial charge is 0.488 e. The van der Waals surface area contributed by atoms with Crippen molar-refractivity contribution in [3.63, 3.8) is 0 Å². The number of ether oxygens (including phenoxy) is 2. The molecule has 0 spiro atoms. The van der Waals surface area contributed by atoms with E-state index >= 15 is 0 Å². The average Bonchev–Trinajstić information content (AvgIpc) is 3.33. The smallest absolute Gasteiger partial charge is 0.423 e. The molecule has 2 aromatic carbocycles. The molecule has 1 aliphatic carbocycles. The molecule has 0 bridgehead atoms. The molecule has 2 aromatic rings.